The summed E-state index contributed by atoms with van der Waals surface area (Å²) in [4.78, 5) is 19.1. The van der Waals surface area contributed by atoms with Gasteiger partial charge in [0.2, 0.25) is 0 Å². The number of aliphatic hydroxyl groups is 2. The predicted octanol–water partition coefficient (Wildman–Crippen LogP) is -0.609. The fraction of sp³-hybridized carbons (Fsp3) is 1.00. The van der Waals surface area contributed by atoms with Crippen molar-refractivity contribution in [3.8, 4) is 0 Å². The molecule has 2 atom stereocenters. The third kappa shape index (κ3) is 15.0. The smallest absolute Gasteiger partial charge is 0.391 e. The Morgan fingerprint density at radius 2 is 0.893 bits per heavy atom. The fourth-order valence-corrected chi connectivity index (χ4v) is 3.34. The van der Waals surface area contributed by atoms with Crippen LogP contribution in [-0.2, 0) is 27.2 Å². The van der Waals surface area contributed by atoms with Gasteiger partial charge in [-0.1, -0.05) is 0 Å². The van der Waals surface area contributed by atoms with Crippen LogP contribution in [-0.4, -0.2) is 123 Å². The topological polar surface area (TPSA) is 152 Å². The van der Waals surface area contributed by atoms with Gasteiger partial charge in [0.25, 0.3) is 0 Å². The number of aliphatic hydroxyl groups excluding tert-OH is 2. The van der Waals surface area contributed by atoms with Gasteiger partial charge in [0, 0.05) is 0 Å². The first-order chi connectivity index (χ1) is 12.7. The second-order valence-electron chi connectivity index (χ2n) is 7.48. The molecule has 0 bridgehead atoms. The maximum Gasteiger partial charge on any atom is 0.472 e. The molecule has 0 rings (SSSR count). The van der Waals surface area contributed by atoms with Crippen molar-refractivity contribution in [1.29, 1.82) is 0 Å². The first-order valence-electron chi connectivity index (χ1n) is 8.84. The van der Waals surface area contributed by atoms with Crippen molar-refractivity contribution in [1.82, 2.24) is 0 Å². The van der Waals surface area contributed by atoms with Gasteiger partial charge in [-0.3, -0.25) is 18.1 Å². The Kier molecular flexibility index (Phi) is 12.7. The molecule has 0 aliphatic carbocycles. The Labute approximate surface area is 166 Å². The van der Waals surface area contributed by atoms with Crippen LogP contribution in [0.1, 0.15) is 0 Å². The van der Waals surface area contributed by atoms with Crippen LogP contribution in [0, 0.1) is 0 Å². The number of quaternary nitrogens is 2. The van der Waals surface area contributed by atoms with E-state index in [1.807, 2.05) is 28.2 Å². The molecule has 0 aromatic carbocycles. The lowest BCUT2D eigenvalue weighted by molar-refractivity contribution is -0.890. The number of phosphoric acid groups is 2. The molecule has 4 N–H and O–H groups in total. The van der Waals surface area contributed by atoms with Crippen molar-refractivity contribution >= 4 is 15.6 Å². The molecule has 0 saturated carbocycles. The normalized spacial score (nSPS) is 17.3. The Hall–Kier alpha value is 0.0600. The number of hydrogen-bond acceptors (Lipinski definition) is 8. The number of phosphoric ester groups is 2. The van der Waals surface area contributed by atoms with Crippen LogP contribution >= 0.6 is 15.6 Å². The van der Waals surface area contributed by atoms with Crippen LogP contribution in [0.2, 0.25) is 0 Å². The number of nitrogens with zero attached hydrogens (tertiary/aromatic N) is 2. The summed E-state index contributed by atoms with van der Waals surface area (Å²) in [5.74, 6) is 0. The van der Waals surface area contributed by atoms with E-state index in [0.717, 1.165) is 0 Å². The van der Waals surface area contributed by atoms with Gasteiger partial charge in [-0.2, -0.15) is 0 Å². The summed E-state index contributed by atoms with van der Waals surface area (Å²) in [5, 5.41) is 17.8. The lowest BCUT2D eigenvalue weighted by Crippen LogP contribution is -2.44. The molecule has 28 heavy (non-hydrogen) atoms. The highest BCUT2D eigenvalue weighted by Crippen LogP contribution is 2.45. The van der Waals surface area contributed by atoms with Crippen LogP contribution in [0.25, 0.3) is 0 Å². The van der Waals surface area contributed by atoms with Crippen molar-refractivity contribution in [2.75, 3.05) is 94.0 Å². The van der Waals surface area contributed by atoms with Crippen LogP contribution in [0.15, 0.2) is 0 Å². The molecule has 0 spiro atoms. The number of likely N-dealkylation sites (N-methyl/N-ethyl adjacent to an activating group) is 2. The molecular formula is C14H36N2O10P2+2. The molecule has 0 aromatic heterocycles. The molecule has 12 nitrogen and oxygen atoms in total. The Balaban J connectivity index is 4.07. The zero-order valence-corrected chi connectivity index (χ0v) is 18.9. The third-order valence-electron chi connectivity index (χ3n) is 3.90. The van der Waals surface area contributed by atoms with Gasteiger partial charge in [0.05, 0.1) is 54.6 Å². The molecule has 2 unspecified atom stereocenters. The zero-order chi connectivity index (χ0) is 21.9. The maximum absolute atomic E-state index is 11.7. The molecular weight excluding hydrogens is 418 g/mol. The van der Waals surface area contributed by atoms with Crippen LogP contribution < -0.4 is 0 Å². The monoisotopic (exact) mass is 454 g/mol. The molecule has 170 valence electrons. The summed E-state index contributed by atoms with van der Waals surface area (Å²) in [5.41, 5.74) is 0. The number of hydrogen-bond donors (Lipinski definition) is 4. The van der Waals surface area contributed by atoms with Crippen molar-refractivity contribution < 1.29 is 56.2 Å². The van der Waals surface area contributed by atoms with Gasteiger partial charge in [-0.15, -0.1) is 0 Å². The Morgan fingerprint density at radius 3 is 1.18 bits per heavy atom. The van der Waals surface area contributed by atoms with Crippen molar-refractivity contribution in [3.63, 3.8) is 0 Å². The van der Waals surface area contributed by atoms with E-state index in [-0.39, 0.29) is 26.4 Å². The summed E-state index contributed by atoms with van der Waals surface area (Å²) < 4.78 is 43.3. The lowest BCUT2D eigenvalue weighted by atomic mass is 10.4. The van der Waals surface area contributed by atoms with E-state index < -0.39 is 28.9 Å². The summed E-state index contributed by atoms with van der Waals surface area (Å²) in [6.45, 7) is 0.663. The number of rotatable bonds is 17. The van der Waals surface area contributed by atoms with Gasteiger partial charge in [-0.25, -0.2) is 9.13 Å². The largest absolute Gasteiger partial charge is 0.472 e. The molecule has 0 aliphatic rings. The van der Waals surface area contributed by atoms with Gasteiger partial charge >= 0.3 is 15.6 Å². The Bertz CT molecular complexity index is 486. The SMILES string of the molecule is C[N+](C)(CCO)CCOP(=O)(O)OCCOP(=O)(O)OCC[N+](C)(C)CCO. The van der Waals surface area contributed by atoms with E-state index in [0.29, 0.717) is 35.1 Å². The van der Waals surface area contributed by atoms with E-state index in [4.69, 9.17) is 19.3 Å². The predicted molar refractivity (Wildman–Crippen MR) is 101 cm³/mol. The lowest BCUT2D eigenvalue weighted by Gasteiger charge is -2.29. The molecule has 0 aliphatic heterocycles. The summed E-state index contributed by atoms with van der Waals surface area (Å²) in [6, 6.07) is 0. The third-order valence-corrected chi connectivity index (χ3v) is 5.94. The molecule has 0 aromatic rings. The van der Waals surface area contributed by atoms with E-state index >= 15 is 0 Å². The second kappa shape index (κ2) is 12.7. The van der Waals surface area contributed by atoms with Gasteiger partial charge in [0.15, 0.2) is 0 Å². The molecule has 0 fully saturated rings. The summed E-state index contributed by atoms with van der Waals surface area (Å²) in [6.07, 6.45) is 0. The van der Waals surface area contributed by atoms with Crippen molar-refractivity contribution in [3.05, 3.63) is 0 Å². The average molecular weight is 454 g/mol. The Morgan fingerprint density at radius 1 is 0.607 bits per heavy atom. The molecule has 0 amide bonds. The molecule has 0 heterocycles. The van der Waals surface area contributed by atoms with Crippen LogP contribution in [0.5, 0.6) is 0 Å². The molecule has 0 radical (unpaired) electrons. The minimum atomic E-state index is -4.32. The molecule has 14 heteroatoms. The van der Waals surface area contributed by atoms with E-state index in [9.17, 15) is 18.9 Å². The highest BCUT2D eigenvalue weighted by atomic mass is 31.2. The van der Waals surface area contributed by atoms with Crippen LogP contribution in [0.4, 0.5) is 0 Å². The summed E-state index contributed by atoms with van der Waals surface area (Å²) in [7, 11) is -1.31. The minimum absolute atomic E-state index is 0.0150. The quantitative estimate of drug-likeness (QED) is 0.127. The van der Waals surface area contributed by atoms with E-state index in [1.165, 1.54) is 0 Å². The van der Waals surface area contributed by atoms with E-state index in [2.05, 4.69) is 9.05 Å². The highest BCUT2D eigenvalue weighted by Gasteiger charge is 2.26. The van der Waals surface area contributed by atoms with E-state index in [1.54, 1.807) is 0 Å². The maximum atomic E-state index is 11.7. The standard InChI is InChI=1S/C14H34N2O10P2/c1-15(2,5-9-17)7-11-23-27(19,20)25-13-14-26-28(21,22)24-12-8-16(3,4)6-10-18/h17-18H,5-14H2,1-4H3/p+2. The zero-order valence-electron chi connectivity index (χ0n) is 17.1. The highest BCUT2D eigenvalue weighted by molar-refractivity contribution is 7.47. The van der Waals surface area contributed by atoms with Gasteiger partial charge in [-0.05, 0) is 0 Å². The summed E-state index contributed by atoms with van der Waals surface area (Å²) >= 11 is 0. The van der Waals surface area contributed by atoms with Gasteiger partial charge in [0.1, 0.15) is 39.4 Å². The average Bonchev–Trinajstić information content (AvgIpc) is 2.50. The van der Waals surface area contributed by atoms with Crippen molar-refractivity contribution in [2.45, 2.75) is 0 Å². The molecule has 0 saturated heterocycles. The second-order valence-corrected chi connectivity index (χ2v) is 10.4. The fourth-order valence-electron chi connectivity index (χ4n) is 1.95. The first-order valence-corrected chi connectivity index (χ1v) is 11.8. The first kappa shape index (κ1) is 28.1. The minimum Gasteiger partial charge on any atom is -0.391 e. The van der Waals surface area contributed by atoms with Crippen molar-refractivity contribution in [2.24, 2.45) is 0 Å². The van der Waals surface area contributed by atoms with Crippen LogP contribution in [0.3, 0.4) is 0 Å². The van der Waals surface area contributed by atoms with Gasteiger partial charge < -0.3 is 29.0 Å².